The van der Waals surface area contributed by atoms with Crippen molar-refractivity contribution in [3.8, 4) is 0 Å². The topological polar surface area (TPSA) is 70.7 Å². The molecule has 2 N–H and O–H groups in total. The lowest BCUT2D eigenvalue weighted by molar-refractivity contribution is -0.121. The highest BCUT2D eigenvalue weighted by Crippen LogP contribution is 2.18. The van der Waals surface area contributed by atoms with Gasteiger partial charge in [-0.1, -0.05) is 12.1 Å². The molecule has 0 spiro atoms. The summed E-state index contributed by atoms with van der Waals surface area (Å²) in [5.41, 5.74) is 0.785. The molecule has 7 heteroatoms. The molecule has 3 rings (SSSR count). The third-order valence-corrected chi connectivity index (χ3v) is 4.31. The Hall–Kier alpha value is -1.99. The predicted molar refractivity (Wildman–Crippen MR) is 90.3 cm³/mol. The second-order valence-corrected chi connectivity index (χ2v) is 6.73. The van der Waals surface area contributed by atoms with E-state index in [-0.39, 0.29) is 30.4 Å². The fourth-order valence-electron chi connectivity index (χ4n) is 2.97. The normalized spacial score (nSPS) is 19.8. The van der Waals surface area contributed by atoms with Gasteiger partial charge in [-0.2, -0.15) is 0 Å². The lowest BCUT2D eigenvalue weighted by Gasteiger charge is -2.24. The zero-order chi connectivity index (χ0) is 17.6. The predicted octanol–water partition coefficient (Wildman–Crippen LogP) is 1.79. The number of hydrogen-bond acceptors (Lipinski definition) is 4. The molecular formula is C18H24FN3O3. The van der Waals surface area contributed by atoms with Crippen LogP contribution >= 0.6 is 0 Å². The second kappa shape index (κ2) is 8.40. The van der Waals surface area contributed by atoms with E-state index in [0.29, 0.717) is 13.1 Å². The largest absolute Gasteiger partial charge is 0.377 e. The Kier molecular flexibility index (Phi) is 5.99. The minimum Gasteiger partial charge on any atom is -0.377 e. The zero-order valence-corrected chi connectivity index (χ0v) is 14.2. The number of hydrogen-bond donors (Lipinski definition) is 2. The van der Waals surface area contributed by atoms with Crippen molar-refractivity contribution in [2.45, 2.75) is 44.4 Å². The molecule has 6 nitrogen and oxygen atoms in total. The first-order valence-electron chi connectivity index (χ1n) is 8.77. The second-order valence-electron chi connectivity index (χ2n) is 6.73. The van der Waals surface area contributed by atoms with E-state index in [1.54, 1.807) is 6.07 Å². The number of rotatable bonds is 7. The van der Waals surface area contributed by atoms with Gasteiger partial charge in [-0.25, -0.2) is 9.18 Å². The van der Waals surface area contributed by atoms with Gasteiger partial charge in [-0.3, -0.25) is 15.0 Å². The summed E-state index contributed by atoms with van der Waals surface area (Å²) < 4.78 is 19.1. The molecule has 0 radical (unpaired) electrons. The Morgan fingerprint density at radius 2 is 2.12 bits per heavy atom. The van der Waals surface area contributed by atoms with E-state index in [0.717, 1.165) is 37.9 Å². The summed E-state index contributed by atoms with van der Waals surface area (Å²) in [6, 6.07) is 6.07. The van der Waals surface area contributed by atoms with Gasteiger partial charge in [0.15, 0.2) is 0 Å². The molecule has 1 saturated carbocycles. The van der Waals surface area contributed by atoms with Crippen molar-refractivity contribution in [2.75, 3.05) is 19.7 Å². The highest BCUT2D eigenvalue weighted by Gasteiger charge is 2.25. The SMILES string of the molecule is O=C(CN(Cc1cccc(F)c1)C[C@H]1CCCO1)NC(=O)NC1CC1. The van der Waals surface area contributed by atoms with Crippen molar-refractivity contribution in [3.63, 3.8) is 0 Å². The fraction of sp³-hybridized carbons (Fsp3) is 0.556. The molecule has 1 aromatic rings. The van der Waals surface area contributed by atoms with Gasteiger partial charge in [0.1, 0.15) is 5.82 Å². The van der Waals surface area contributed by atoms with E-state index < -0.39 is 6.03 Å². The summed E-state index contributed by atoms with van der Waals surface area (Å²) in [7, 11) is 0. The molecule has 1 heterocycles. The Morgan fingerprint density at radius 1 is 1.28 bits per heavy atom. The van der Waals surface area contributed by atoms with E-state index >= 15 is 0 Å². The molecule has 2 fully saturated rings. The van der Waals surface area contributed by atoms with Crippen molar-refractivity contribution >= 4 is 11.9 Å². The molecule has 0 unspecified atom stereocenters. The molecule has 1 atom stereocenters. The first-order chi connectivity index (χ1) is 12.1. The first kappa shape index (κ1) is 17.8. The van der Waals surface area contributed by atoms with Gasteiger partial charge < -0.3 is 10.1 Å². The molecule has 3 amide bonds. The number of imide groups is 1. The van der Waals surface area contributed by atoms with Gasteiger partial charge in [0, 0.05) is 25.7 Å². The van der Waals surface area contributed by atoms with Crippen LogP contribution in [0.2, 0.25) is 0 Å². The van der Waals surface area contributed by atoms with Gasteiger partial charge in [0.2, 0.25) is 5.91 Å². The van der Waals surface area contributed by atoms with Crippen LogP contribution < -0.4 is 10.6 Å². The number of amides is 3. The fourth-order valence-corrected chi connectivity index (χ4v) is 2.97. The van der Waals surface area contributed by atoms with Gasteiger partial charge in [-0.15, -0.1) is 0 Å². The summed E-state index contributed by atoms with van der Waals surface area (Å²) in [6.07, 6.45) is 3.96. The van der Waals surface area contributed by atoms with Gasteiger partial charge >= 0.3 is 6.03 Å². The van der Waals surface area contributed by atoms with E-state index in [4.69, 9.17) is 4.74 Å². The maximum absolute atomic E-state index is 13.4. The van der Waals surface area contributed by atoms with E-state index in [1.165, 1.54) is 12.1 Å². The number of ether oxygens (including phenoxy) is 1. The van der Waals surface area contributed by atoms with Crippen molar-refractivity contribution in [1.29, 1.82) is 0 Å². The summed E-state index contributed by atoms with van der Waals surface area (Å²) in [4.78, 5) is 25.8. The van der Waals surface area contributed by atoms with E-state index in [2.05, 4.69) is 10.6 Å². The molecular weight excluding hydrogens is 325 g/mol. The molecule has 136 valence electrons. The van der Waals surface area contributed by atoms with Crippen molar-refractivity contribution < 1.29 is 18.7 Å². The smallest absolute Gasteiger partial charge is 0.321 e. The Bertz CT molecular complexity index is 615. The molecule has 2 aliphatic rings. The number of benzene rings is 1. The first-order valence-corrected chi connectivity index (χ1v) is 8.77. The highest BCUT2D eigenvalue weighted by atomic mass is 19.1. The molecule has 1 saturated heterocycles. The number of urea groups is 1. The van der Waals surface area contributed by atoms with Crippen LogP contribution in [0.1, 0.15) is 31.2 Å². The standard InChI is InChI=1S/C18H24FN3O3/c19-14-4-1-3-13(9-14)10-22(11-16-5-2-8-25-16)12-17(23)21-18(24)20-15-6-7-15/h1,3-4,9,15-16H,2,5-8,10-12H2,(H2,20,21,23,24)/t16-/m1/s1. The van der Waals surface area contributed by atoms with Crippen LogP contribution in [0.25, 0.3) is 0 Å². The molecule has 0 aromatic heterocycles. The minimum atomic E-state index is -0.449. The van der Waals surface area contributed by atoms with E-state index in [9.17, 15) is 14.0 Å². The lowest BCUT2D eigenvalue weighted by atomic mass is 10.1. The molecule has 25 heavy (non-hydrogen) atoms. The Morgan fingerprint density at radius 3 is 2.80 bits per heavy atom. The molecule has 1 aromatic carbocycles. The van der Waals surface area contributed by atoms with E-state index in [1.807, 2.05) is 11.0 Å². The average molecular weight is 349 g/mol. The number of carbonyl (C=O) groups is 2. The van der Waals surface area contributed by atoms with Gasteiger partial charge in [0.05, 0.1) is 12.6 Å². The summed E-state index contributed by atoms with van der Waals surface area (Å²) in [5, 5.41) is 5.08. The van der Waals surface area contributed by atoms with Crippen LogP contribution in [0, 0.1) is 5.82 Å². The monoisotopic (exact) mass is 349 g/mol. The third-order valence-electron chi connectivity index (χ3n) is 4.31. The van der Waals surface area contributed by atoms with Crippen LogP contribution in [0.15, 0.2) is 24.3 Å². The van der Waals surface area contributed by atoms with Crippen molar-refractivity contribution in [1.82, 2.24) is 15.5 Å². The lowest BCUT2D eigenvalue weighted by Crippen LogP contribution is -2.46. The summed E-state index contributed by atoms with van der Waals surface area (Å²) in [5.74, 6) is -0.671. The van der Waals surface area contributed by atoms with Crippen LogP contribution in [0.5, 0.6) is 0 Å². The third kappa shape index (κ3) is 6.10. The van der Waals surface area contributed by atoms with Crippen molar-refractivity contribution in [2.24, 2.45) is 0 Å². The Labute approximate surface area is 146 Å². The van der Waals surface area contributed by atoms with Gasteiger partial charge in [0.25, 0.3) is 0 Å². The van der Waals surface area contributed by atoms with Gasteiger partial charge in [-0.05, 0) is 43.4 Å². The van der Waals surface area contributed by atoms with Crippen LogP contribution in [0.3, 0.4) is 0 Å². The summed E-state index contributed by atoms with van der Waals surface area (Å²) in [6.45, 7) is 1.80. The average Bonchev–Trinajstić information content (AvgIpc) is 3.19. The number of carbonyl (C=O) groups excluding carboxylic acids is 2. The minimum absolute atomic E-state index is 0.0639. The molecule has 1 aliphatic carbocycles. The molecule has 0 bridgehead atoms. The number of halogens is 1. The maximum atomic E-state index is 13.4. The highest BCUT2D eigenvalue weighted by molar-refractivity contribution is 5.95. The van der Waals surface area contributed by atoms with Crippen LogP contribution in [0.4, 0.5) is 9.18 Å². The van der Waals surface area contributed by atoms with Crippen molar-refractivity contribution in [3.05, 3.63) is 35.6 Å². The number of nitrogens with one attached hydrogen (secondary N) is 2. The summed E-state index contributed by atoms with van der Waals surface area (Å²) >= 11 is 0. The van der Waals surface area contributed by atoms with Crippen LogP contribution in [-0.2, 0) is 16.1 Å². The molecule has 1 aliphatic heterocycles. The maximum Gasteiger partial charge on any atom is 0.321 e. The quantitative estimate of drug-likeness (QED) is 0.787. The zero-order valence-electron chi connectivity index (χ0n) is 14.2. The Balaban J connectivity index is 1.56. The number of nitrogens with zero attached hydrogens (tertiary/aromatic N) is 1. The van der Waals surface area contributed by atoms with Crippen LogP contribution in [-0.4, -0.2) is 48.7 Å².